The fourth-order valence-corrected chi connectivity index (χ4v) is 2.90. The third kappa shape index (κ3) is 4.62. The fraction of sp³-hybridized carbons (Fsp3) is 0.647. The highest BCUT2D eigenvalue weighted by molar-refractivity contribution is 5.61. The van der Waals surface area contributed by atoms with Gasteiger partial charge in [-0.15, -0.1) is 0 Å². The molecule has 0 aliphatic heterocycles. The van der Waals surface area contributed by atoms with Crippen molar-refractivity contribution in [2.75, 3.05) is 24.2 Å². The number of ether oxygens (including phenoxy) is 1. The number of hydrogen-bond donors (Lipinski definition) is 2. The maximum Gasteiger partial charge on any atom is 0.144 e. The average molecular weight is 276 g/mol. The molecular formula is C17H28N2O. The van der Waals surface area contributed by atoms with Gasteiger partial charge in [0.15, 0.2) is 0 Å². The summed E-state index contributed by atoms with van der Waals surface area (Å²) in [5.41, 5.74) is 7.74. The van der Waals surface area contributed by atoms with Gasteiger partial charge in [-0.1, -0.05) is 32.6 Å². The second-order valence-corrected chi connectivity index (χ2v) is 5.82. The molecule has 1 aliphatic carbocycles. The van der Waals surface area contributed by atoms with Crippen LogP contribution in [0.4, 0.5) is 11.4 Å². The van der Waals surface area contributed by atoms with Crippen molar-refractivity contribution in [3.63, 3.8) is 0 Å². The predicted octanol–water partition coefficient (Wildman–Crippen LogP) is 4.44. The minimum atomic E-state index is 0.718. The van der Waals surface area contributed by atoms with Gasteiger partial charge in [0, 0.05) is 18.3 Å². The summed E-state index contributed by atoms with van der Waals surface area (Å²) in [5.74, 6) is 1.78. The van der Waals surface area contributed by atoms with E-state index in [0.717, 1.165) is 42.6 Å². The van der Waals surface area contributed by atoms with Gasteiger partial charge in [0.05, 0.1) is 12.3 Å². The summed E-state index contributed by atoms with van der Waals surface area (Å²) < 4.78 is 5.65. The maximum atomic E-state index is 5.91. The van der Waals surface area contributed by atoms with Crippen molar-refractivity contribution in [2.24, 2.45) is 5.92 Å². The summed E-state index contributed by atoms with van der Waals surface area (Å²) in [7, 11) is 0. The molecule has 1 aromatic rings. The monoisotopic (exact) mass is 276 g/mol. The lowest BCUT2D eigenvalue weighted by Crippen LogP contribution is -2.05. The van der Waals surface area contributed by atoms with E-state index in [9.17, 15) is 0 Å². The Hall–Kier alpha value is -1.38. The summed E-state index contributed by atoms with van der Waals surface area (Å²) in [5, 5.41) is 3.48. The molecule has 1 aromatic carbocycles. The third-order valence-corrected chi connectivity index (χ3v) is 4.07. The van der Waals surface area contributed by atoms with Crippen LogP contribution in [-0.4, -0.2) is 13.2 Å². The highest BCUT2D eigenvalue weighted by Gasteiger charge is 2.13. The molecule has 1 saturated carbocycles. The van der Waals surface area contributed by atoms with Crippen LogP contribution in [0.3, 0.4) is 0 Å². The normalized spacial score (nSPS) is 15.4. The number of rotatable bonds is 8. The van der Waals surface area contributed by atoms with Crippen molar-refractivity contribution in [2.45, 2.75) is 51.9 Å². The first-order valence-electron chi connectivity index (χ1n) is 8.05. The van der Waals surface area contributed by atoms with Crippen LogP contribution in [0.15, 0.2) is 18.2 Å². The van der Waals surface area contributed by atoms with Gasteiger partial charge in [0.25, 0.3) is 0 Å². The van der Waals surface area contributed by atoms with Gasteiger partial charge in [0.2, 0.25) is 0 Å². The van der Waals surface area contributed by atoms with Gasteiger partial charge in [-0.05, 0) is 37.3 Å². The molecule has 0 unspecified atom stereocenters. The van der Waals surface area contributed by atoms with Gasteiger partial charge >= 0.3 is 0 Å². The number of nitrogens with two attached hydrogens (primary N) is 1. The summed E-state index contributed by atoms with van der Waals surface area (Å²) in [6, 6.07) is 5.97. The predicted molar refractivity (Wildman–Crippen MR) is 86.3 cm³/mol. The molecule has 3 N–H and O–H groups in total. The SMILES string of the molecule is CCCOc1cc(NCCCC2CCCC2)ccc1N. The van der Waals surface area contributed by atoms with E-state index in [4.69, 9.17) is 10.5 Å². The third-order valence-electron chi connectivity index (χ3n) is 4.07. The topological polar surface area (TPSA) is 47.3 Å². The van der Waals surface area contributed by atoms with Gasteiger partial charge < -0.3 is 15.8 Å². The maximum absolute atomic E-state index is 5.91. The first-order chi connectivity index (χ1) is 9.79. The lowest BCUT2D eigenvalue weighted by Gasteiger charge is -2.13. The van der Waals surface area contributed by atoms with E-state index in [-0.39, 0.29) is 0 Å². The number of hydrogen-bond acceptors (Lipinski definition) is 3. The highest BCUT2D eigenvalue weighted by Crippen LogP contribution is 2.29. The Morgan fingerprint density at radius 2 is 2.10 bits per heavy atom. The molecule has 1 fully saturated rings. The minimum Gasteiger partial charge on any atom is -0.491 e. The zero-order chi connectivity index (χ0) is 14.2. The summed E-state index contributed by atoms with van der Waals surface area (Å²) >= 11 is 0. The van der Waals surface area contributed by atoms with Crippen LogP contribution < -0.4 is 15.8 Å². The van der Waals surface area contributed by atoms with Crippen LogP contribution in [0, 0.1) is 5.92 Å². The number of nitrogens with one attached hydrogen (secondary N) is 1. The van der Waals surface area contributed by atoms with E-state index >= 15 is 0 Å². The zero-order valence-corrected chi connectivity index (χ0v) is 12.7. The van der Waals surface area contributed by atoms with Gasteiger partial charge in [-0.3, -0.25) is 0 Å². The van der Waals surface area contributed by atoms with E-state index in [1.165, 1.54) is 38.5 Å². The van der Waals surface area contributed by atoms with Crippen LogP contribution in [-0.2, 0) is 0 Å². The molecule has 20 heavy (non-hydrogen) atoms. The van der Waals surface area contributed by atoms with E-state index < -0.39 is 0 Å². The second kappa shape index (κ2) is 8.03. The molecule has 0 atom stereocenters. The Morgan fingerprint density at radius 3 is 2.85 bits per heavy atom. The van der Waals surface area contributed by atoms with Crippen LogP contribution in [0.2, 0.25) is 0 Å². The molecule has 3 nitrogen and oxygen atoms in total. The summed E-state index contributed by atoms with van der Waals surface area (Å²) in [4.78, 5) is 0. The smallest absolute Gasteiger partial charge is 0.144 e. The van der Waals surface area contributed by atoms with E-state index in [1.807, 2.05) is 18.2 Å². The molecule has 0 aromatic heterocycles. The van der Waals surface area contributed by atoms with Crippen molar-refractivity contribution in [1.82, 2.24) is 0 Å². The van der Waals surface area contributed by atoms with Gasteiger partial charge in [0.1, 0.15) is 5.75 Å². The van der Waals surface area contributed by atoms with Crippen LogP contribution >= 0.6 is 0 Å². The molecule has 112 valence electrons. The molecule has 0 spiro atoms. The molecule has 0 radical (unpaired) electrons. The Labute approximate surface area is 122 Å². The molecule has 0 bridgehead atoms. The van der Waals surface area contributed by atoms with Gasteiger partial charge in [-0.2, -0.15) is 0 Å². The molecule has 0 saturated heterocycles. The van der Waals surface area contributed by atoms with Crippen LogP contribution in [0.1, 0.15) is 51.9 Å². The minimum absolute atomic E-state index is 0.718. The quantitative estimate of drug-likeness (QED) is 0.545. The van der Waals surface area contributed by atoms with Gasteiger partial charge in [-0.25, -0.2) is 0 Å². The largest absolute Gasteiger partial charge is 0.491 e. The Morgan fingerprint density at radius 1 is 1.30 bits per heavy atom. The Kier molecular flexibility index (Phi) is 6.03. The van der Waals surface area contributed by atoms with Crippen LogP contribution in [0.25, 0.3) is 0 Å². The Balaban J connectivity index is 1.74. The lowest BCUT2D eigenvalue weighted by molar-refractivity contribution is 0.319. The lowest BCUT2D eigenvalue weighted by atomic mass is 10.0. The number of anilines is 2. The number of nitrogen functional groups attached to an aromatic ring is 1. The Bertz CT molecular complexity index is 400. The van der Waals surface area contributed by atoms with E-state index in [2.05, 4.69) is 12.2 Å². The number of benzene rings is 1. The molecule has 0 heterocycles. The fourth-order valence-electron chi connectivity index (χ4n) is 2.90. The van der Waals surface area contributed by atoms with E-state index in [0.29, 0.717) is 0 Å². The van der Waals surface area contributed by atoms with Crippen molar-refractivity contribution in [1.29, 1.82) is 0 Å². The molecule has 1 aliphatic rings. The van der Waals surface area contributed by atoms with Crippen molar-refractivity contribution < 1.29 is 4.74 Å². The second-order valence-electron chi connectivity index (χ2n) is 5.82. The highest BCUT2D eigenvalue weighted by atomic mass is 16.5. The van der Waals surface area contributed by atoms with Crippen molar-refractivity contribution in [3.8, 4) is 5.75 Å². The van der Waals surface area contributed by atoms with Crippen molar-refractivity contribution >= 4 is 11.4 Å². The van der Waals surface area contributed by atoms with Crippen LogP contribution in [0.5, 0.6) is 5.75 Å². The molecule has 2 rings (SSSR count). The van der Waals surface area contributed by atoms with E-state index in [1.54, 1.807) is 0 Å². The first kappa shape index (κ1) is 15.0. The first-order valence-corrected chi connectivity index (χ1v) is 8.05. The standard InChI is InChI=1S/C17H28N2O/c1-2-12-20-17-13-15(9-10-16(17)18)19-11-5-8-14-6-3-4-7-14/h9-10,13-14,19H,2-8,11-12,18H2,1H3. The summed E-state index contributed by atoms with van der Waals surface area (Å²) in [6.45, 7) is 3.85. The summed E-state index contributed by atoms with van der Waals surface area (Å²) in [6.07, 6.45) is 9.37. The van der Waals surface area contributed by atoms with Crippen molar-refractivity contribution in [3.05, 3.63) is 18.2 Å². The molecule has 0 amide bonds. The average Bonchev–Trinajstić information content (AvgIpc) is 2.97. The molecular weight excluding hydrogens is 248 g/mol. The molecule has 3 heteroatoms. The zero-order valence-electron chi connectivity index (χ0n) is 12.7.